The number of hydrogen-bond acceptors (Lipinski definition) is 3. The Morgan fingerprint density at radius 2 is 1.92 bits per heavy atom. The SMILES string of the molecule is O=C1CCCC1CNC(=O)C1CCCN(C(=O)c2ccccc2)C1. The number of carbonyl (C=O) groups excluding carboxylic acids is 3. The molecule has 1 heterocycles. The van der Waals surface area contributed by atoms with Crippen molar-refractivity contribution in [2.24, 2.45) is 11.8 Å². The quantitative estimate of drug-likeness (QED) is 0.919. The average Bonchev–Trinajstić information content (AvgIpc) is 3.05. The number of likely N-dealkylation sites (tertiary alicyclic amines) is 1. The fourth-order valence-electron chi connectivity index (χ4n) is 3.61. The van der Waals surface area contributed by atoms with Gasteiger partial charge >= 0.3 is 0 Å². The lowest BCUT2D eigenvalue weighted by Crippen LogP contribution is -2.46. The van der Waals surface area contributed by atoms with Crippen molar-refractivity contribution in [3.63, 3.8) is 0 Å². The Bertz CT molecular complexity index is 614. The molecule has 2 unspecified atom stereocenters. The summed E-state index contributed by atoms with van der Waals surface area (Å²) < 4.78 is 0. The molecule has 1 saturated carbocycles. The highest BCUT2D eigenvalue weighted by Crippen LogP contribution is 2.22. The Balaban J connectivity index is 1.54. The number of rotatable bonds is 4. The van der Waals surface area contributed by atoms with Crippen LogP contribution in [0, 0.1) is 11.8 Å². The number of nitrogens with one attached hydrogen (secondary N) is 1. The van der Waals surface area contributed by atoms with Crippen LogP contribution in [0.5, 0.6) is 0 Å². The molecule has 1 aliphatic carbocycles. The first-order chi connectivity index (χ1) is 11.6. The van der Waals surface area contributed by atoms with Crippen LogP contribution in [-0.4, -0.2) is 42.1 Å². The van der Waals surface area contributed by atoms with Crippen LogP contribution in [0.3, 0.4) is 0 Å². The van der Waals surface area contributed by atoms with Crippen molar-refractivity contribution >= 4 is 17.6 Å². The minimum atomic E-state index is -0.178. The van der Waals surface area contributed by atoms with E-state index in [4.69, 9.17) is 0 Å². The molecule has 0 bridgehead atoms. The van der Waals surface area contributed by atoms with E-state index < -0.39 is 0 Å². The Morgan fingerprint density at radius 1 is 1.12 bits per heavy atom. The van der Waals surface area contributed by atoms with Gasteiger partial charge in [-0.25, -0.2) is 0 Å². The zero-order valence-electron chi connectivity index (χ0n) is 13.9. The van der Waals surface area contributed by atoms with Crippen molar-refractivity contribution in [2.45, 2.75) is 32.1 Å². The van der Waals surface area contributed by atoms with Crippen molar-refractivity contribution in [2.75, 3.05) is 19.6 Å². The van der Waals surface area contributed by atoms with Crippen molar-refractivity contribution in [3.05, 3.63) is 35.9 Å². The van der Waals surface area contributed by atoms with Crippen LogP contribution in [0.2, 0.25) is 0 Å². The maximum atomic E-state index is 12.5. The molecule has 0 spiro atoms. The first-order valence-corrected chi connectivity index (χ1v) is 8.80. The number of amides is 2. The molecular formula is C19H24N2O3. The standard InChI is InChI=1S/C19H24N2O3/c22-17-10-4-8-15(17)12-20-18(23)16-9-5-11-21(13-16)19(24)14-6-2-1-3-7-14/h1-3,6-7,15-16H,4-5,8-13H2,(H,20,23). The molecule has 1 aromatic carbocycles. The van der Waals surface area contributed by atoms with Gasteiger partial charge in [0.1, 0.15) is 5.78 Å². The van der Waals surface area contributed by atoms with Crippen molar-refractivity contribution < 1.29 is 14.4 Å². The first kappa shape index (κ1) is 16.7. The summed E-state index contributed by atoms with van der Waals surface area (Å²) in [4.78, 5) is 38.4. The van der Waals surface area contributed by atoms with E-state index in [0.29, 0.717) is 31.6 Å². The molecule has 5 nitrogen and oxygen atoms in total. The molecule has 0 radical (unpaired) electrons. The number of Topliss-reactive ketones (excluding diaryl/α,β-unsaturated/α-hetero) is 1. The van der Waals surface area contributed by atoms with Gasteiger partial charge < -0.3 is 10.2 Å². The molecule has 1 N–H and O–H groups in total. The van der Waals surface area contributed by atoms with Gasteiger partial charge in [0, 0.05) is 37.5 Å². The molecule has 5 heteroatoms. The predicted molar refractivity (Wildman–Crippen MR) is 90.4 cm³/mol. The maximum absolute atomic E-state index is 12.5. The number of carbonyl (C=O) groups is 3. The van der Waals surface area contributed by atoms with E-state index in [1.165, 1.54) is 0 Å². The van der Waals surface area contributed by atoms with Crippen LogP contribution in [0.1, 0.15) is 42.5 Å². The molecule has 1 aliphatic heterocycles. The Labute approximate surface area is 142 Å². The average molecular weight is 328 g/mol. The predicted octanol–water partition coefficient (Wildman–Crippen LogP) is 2.02. The van der Waals surface area contributed by atoms with E-state index in [1.807, 2.05) is 18.2 Å². The van der Waals surface area contributed by atoms with Gasteiger partial charge in [0.15, 0.2) is 0 Å². The molecule has 0 aromatic heterocycles. The zero-order valence-corrected chi connectivity index (χ0v) is 13.9. The number of nitrogens with zero attached hydrogens (tertiary/aromatic N) is 1. The fourth-order valence-corrected chi connectivity index (χ4v) is 3.61. The summed E-state index contributed by atoms with van der Waals surface area (Å²) in [6.45, 7) is 1.59. The molecule has 1 saturated heterocycles. The van der Waals surface area contributed by atoms with Crippen molar-refractivity contribution in [3.8, 4) is 0 Å². The summed E-state index contributed by atoms with van der Waals surface area (Å²) in [6.07, 6.45) is 4.08. The van der Waals surface area contributed by atoms with Crippen molar-refractivity contribution in [1.82, 2.24) is 10.2 Å². The Hall–Kier alpha value is -2.17. The van der Waals surface area contributed by atoms with E-state index in [1.54, 1.807) is 17.0 Å². The smallest absolute Gasteiger partial charge is 0.253 e. The van der Waals surface area contributed by atoms with Crippen LogP contribution in [0.15, 0.2) is 30.3 Å². The molecule has 128 valence electrons. The first-order valence-electron chi connectivity index (χ1n) is 8.80. The van der Waals surface area contributed by atoms with E-state index >= 15 is 0 Å². The number of benzene rings is 1. The molecule has 2 fully saturated rings. The molecule has 2 aliphatic rings. The van der Waals surface area contributed by atoms with Crippen molar-refractivity contribution in [1.29, 1.82) is 0 Å². The van der Waals surface area contributed by atoms with E-state index in [-0.39, 0.29) is 29.4 Å². The monoisotopic (exact) mass is 328 g/mol. The third-order valence-corrected chi connectivity index (χ3v) is 5.05. The van der Waals surface area contributed by atoms with Crippen LogP contribution < -0.4 is 5.32 Å². The lowest BCUT2D eigenvalue weighted by Gasteiger charge is -2.32. The van der Waals surface area contributed by atoms with Gasteiger partial charge in [0.25, 0.3) is 5.91 Å². The van der Waals surface area contributed by atoms with Crippen LogP contribution in [0.4, 0.5) is 0 Å². The normalized spacial score (nSPS) is 24.0. The van der Waals surface area contributed by atoms with Crippen LogP contribution in [-0.2, 0) is 9.59 Å². The second kappa shape index (κ2) is 7.60. The van der Waals surface area contributed by atoms with Gasteiger partial charge in [-0.3, -0.25) is 14.4 Å². The number of ketones is 1. The third kappa shape index (κ3) is 3.83. The Kier molecular flexibility index (Phi) is 5.28. The summed E-state index contributed by atoms with van der Waals surface area (Å²) in [5.41, 5.74) is 0.662. The summed E-state index contributed by atoms with van der Waals surface area (Å²) in [5, 5.41) is 2.93. The number of hydrogen-bond donors (Lipinski definition) is 1. The van der Waals surface area contributed by atoms with Gasteiger partial charge in [-0.1, -0.05) is 18.2 Å². The Morgan fingerprint density at radius 3 is 2.62 bits per heavy atom. The van der Waals surface area contributed by atoms with E-state index in [9.17, 15) is 14.4 Å². The molecule has 2 atom stereocenters. The topological polar surface area (TPSA) is 66.5 Å². The minimum Gasteiger partial charge on any atom is -0.355 e. The van der Waals surface area contributed by atoms with E-state index in [0.717, 1.165) is 25.7 Å². The summed E-state index contributed by atoms with van der Waals surface area (Å²) in [6, 6.07) is 9.18. The molecule has 2 amide bonds. The van der Waals surface area contributed by atoms with Gasteiger partial charge in [0.05, 0.1) is 5.92 Å². The van der Waals surface area contributed by atoms with E-state index in [2.05, 4.69) is 5.32 Å². The lowest BCUT2D eigenvalue weighted by atomic mass is 9.96. The number of piperidine rings is 1. The largest absolute Gasteiger partial charge is 0.355 e. The molecular weight excluding hydrogens is 304 g/mol. The second-order valence-corrected chi connectivity index (χ2v) is 6.76. The zero-order chi connectivity index (χ0) is 16.9. The molecule has 1 aromatic rings. The maximum Gasteiger partial charge on any atom is 0.253 e. The second-order valence-electron chi connectivity index (χ2n) is 6.76. The highest BCUT2D eigenvalue weighted by molar-refractivity contribution is 5.94. The van der Waals surface area contributed by atoms with Gasteiger partial charge in [-0.15, -0.1) is 0 Å². The van der Waals surface area contributed by atoms with Gasteiger partial charge in [0.2, 0.25) is 5.91 Å². The molecule has 24 heavy (non-hydrogen) atoms. The van der Waals surface area contributed by atoms with Crippen LogP contribution in [0.25, 0.3) is 0 Å². The highest BCUT2D eigenvalue weighted by atomic mass is 16.2. The fraction of sp³-hybridized carbons (Fsp3) is 0.526. The van der Waals surface area contributed by atoms with Gasteiger partial charge in [-0.2, -0.15) is 0 Å². The third-order valence-electron chi connectivity index (χ3n) is 5.05. The minimum absolute atomic E-state index is 0.0143. The highest BCUT2D eigenvalue weighted by Gasteiger charge is 2.30. The van der Waals surface area contributed by atoms with Gasteiger partial charge in [-0.05, 0) is 37.8 Å². The summed E-state index contributed by atoms with van der Waals surface area (Å²) >= 11 is 0. The lowest BCUT2D eigenvalue weighted by molar-refractivity contribution is -0.126. The molecule has 3 rings (SSSR count). The van der Waals surface area contributed by atoms with Crippen LogP contribution >= 0.6 is 0 Å². The summed E-state index contributed by atoms with van der Waals surface area (Å²) in [5.74, 6) is 0.0293. The summed E-state index contributed by atoms with van der Waals surface area (Å²) in [7, 11) is 0.